The van der Waals surface area contributed by atoms with Crippen LogP contribution in [0.25, 0.3) is 0 Å². The second-order valence-electron chi connectivity index (χ2n) is 17.5. The normalized spacial score (nSPS) is 48.7. The van der Waals surface area contributed by atoms with Gasteiger partial charge in [-0.25, -0.2) is 0 Å². The van der Waals surface area contributed by atoms with Crippen molar-refractivity contribution in [1.29, 1.82) is 0 Å². The van der Waals surface area contributed by atoms with E-state index in [1.165, 1.54) is 12.8 Å². The quantitative estimate of drug-likeness (QED) is 0.356. The third-order valence-electron chi connectivity index (χ3n) is 13.0. The average Bonchev–Trinajstić information content (AvgIpc) is 3.34. The monoisotopic (exact) mass is 497 g/mol. The van der Waals surface area contributed by atoms with E-state index in [0.717, 1.165) is 71.0 Å². The van der Waals surface area contributed by atoms with E-state index >= 15 is 0 Å². The van der Waals surface area contributed by atoms with Gasteiger partial charge in [0.2, 0.25) is 0 Å². The van der Waals surface area contributed by atoms with Crippen LogP contribution in [0.5, 0.6) is 0 Å². The predicted octanol–water partition coefficient (Wildman–Crippen LogP) is 11.0. The van der Waals surface area contributed by atoms with Crippen LogP contribution < -0.4 is 0 Å². The van der Waals surface area contributed by atoms with Gasteiger partial charge in [-0.2, -0.15) is 0 Å². The lowest BCUT2D eigenvalue weighted by Gasteiger charge is -2.52. The Balaban J connectivity index is 0.000000489. The Morgan fingerprint density at radius 1 is 0.417 bits per heavy atom. The molecular formula is C36H64. The number of rotatable bonds is 2. The van der Waals surface area contributed by atoms with Crippen LogP contribution >= 0.6 is 0 Å². The minimum absolute atomic E-state index is 0.500. The summed E-state index contributed by atoms with van der Waals surface area (Å²) >= 11 is 0. The summed E-state index contributed by atoms with van der Waals surface area (Å²) < 4.78 is 0. The Kier molecular flexibility index (Phi) is 8.06. The molecule has 0 heterocycles. The van der Waals surface area contributed by atoms with Crippen molar-refractivity contribution in [2.45, 2.75) is 145 Å². The largest absolute Gasteiger partial charge is 0.0622 e. The molecular weight excluding hydrogens is 432 g/mol. The molecule has 0 aromatic carbocycles. The van der Waals surface area contributed by atoms with E-state index in [4.69, 9.17) is 0 Å². The first-order valence-electron chi connectivity index (χ1n) is 17.0. The molecule has 0 aromatic heterocycles. The van der Waals surface area contributed by atoms with Crippen LogP contribution in [0.2, 0.25) is 0 Å². The summed E-state index contributed by atoms with van der Waals surface area (Å²) in [7, 11) is 0. The highest BCUT2D eigenvalue weighted by atomic mass is 14.6. The van der Waals surface area contributed by atoms with E-state index in [1.807, 2.05) is 0 Å². The average molecular weight is 497 g/mol. The molecule has 6 aliphatic rings. The summed E-state index contributed by atoms with van der Waals surface area (Å²) in [5, 5.41) is 0. The Hall–Kier alpha value is 0. The lowest BCUT2D eigenvalue weighted by atomic mass is 9.53. The minimum Gasteiger partial charge on any atom is -0.0622 e. The fraction of sp³-hybridized carbons (Fsp3) is 1.00. The lowest BCUT2D eigenvalue weighted by molar-refractivity contribution is -0.0358. The third kappa shape index (κ3) is 5.25. The van der Waals surface area contributed by atoms with E-state index in [2.05, 4.69) is 55.4 Å². The fourth-order valence-corrected chi connectivity index (χ4v) is 12.6. The SMILES string of the molecule is CC(C)(C)C.CC1CC2C3CCCCC3CCC2C1C(C)(C)C1C(C)CC2C3CCCCC3CCC21. The topological polar surface area (TPSA) is 0 Å². The predicted molar refractivity (Wildman–Crippen MR) is 157 cm³/mol. The minimum atomic E-state index is 0.500. The van der Waals surface area contributed by atoms with Gasteiger partial charge in [0.15, 0.2) is 0 Å². The molecule has 12 unspecified atom stereocenters. The van der Waals surface area contributed by atoms with Crippen LogP contribution in [-0.2, 0) is 0 Å². The van der Waals surface area contributed by atoms with E-state index in [1.54, 1.807) is 77.0 Å². The molecule has 208 valence electrons. The Morgan fingerprint density at radius 2 is 0.778 bits per heavy atom. The maximum atomic E-state index is 2.79. The Bertz CT molecular complexity index is 665. The molecule has 0 aromatic rings. The first-order valence-corrected chi connectivity index (χ1v) is 17.0. The molecule has 12 atom stereocenters. The van der Waals surface area contributed by atoms with Crippen LogP contribution in [0.15, 0.2) is 0 Å². The van der Waals surface area contributed by atoms with Crippen LogP contribution in [0.4, 0.5) is 0 Å². The summed E-state index contributed by atoms with van der Waals surface area (Å²) in [6, 6.07) is 0. The standard InChI is InChI=1S/C31H52.C5H12/c1-19-17-27-23-11-7-5-9-21(23)13-15-25(27)29(19)31(3,4)30-20(2)18-28-24-12-8-6-10-22(24)14-16-26(28)30;1-5(2,3)4/h19-30H,5-18H2,1-4H3;1-4H3. The maximum Gasteiger partial charge on any atom is -0.0287 e. The number of fused-ring (bicyclic) bond motifs is 6. The van der Waals surface area contributed by atoms with Gasteiger partial charge in [-0.05, 0) is 133 Å². The molecule has 0 nitrogen and oxygen atoms in total. The Morgan fingerprint density at radius 3 is 1.17 bits per heavy atom. The molecule has 0 heteroatoms. The highest BCUT2D eigenvalue weighted by Crippen LogP contribution is 2.67. The zero-order valence-electron chi connectivity index (χ0n) is 25.8. The van der Waals surface area contributed by atoms with Crippen LogP contribution in [0.1, 0.15) is 145 Å². The molecule has 0 radical (unpaired) electrons. The van der Waals surface area contributed by atoms with Gasteiger partial charge in [0, 0.05) is 0 Å². The van der Waals surface area contributed by atoms with Crippen molar-refractivity contribution in [2.24, 2.45) is 81.8 Å². The van der Waals surface area contributed by atoms with Crippen molar-refractivity contribution in [3.05, 3.63) is 0 Å². The summed E-state index contributed by atoms with van der Waals surface area (Å²) in [5.74, 6) is 12.8. The lowest BCUT2D eigenvalue weighted by Crippen LogP contribution is -2.46. The molecule has 0 spiro atoms. The van der Waals surface area contributed by atoms with Crippen LogP contribution in [0.3, 0.4) is 0 Å². The van der Waals surface area contributed by atoms with Crippen molar-refractivity contribution in [1.82, 2.24) is 0 Å². The second-order valence-corrected chi connectivity index (χ2v) is 17.5. The van der Waals surface area contributed by atoms with Crippen molar-refractivity contribution in [3.63, 3.8) is 0 Å². The van der Waals surface area contributed by atoms with Crippen molar-refractivity contribution < 1.29 is 0 Å². The highest BCUT2D eigenvalue weighted by Gasteiger charge is 2.60. The summed E-state index contributed by atoms with van der Waals surface area (Å²) in [5.41, 5.74) is 1.06. The summed E-state index contributed by atoms with van der Waals surface area (Å²) in [6.07, 6.45) is 22.0. The van der Waals surface area contributed by atoms with Crippen molar-refractivity contribution >= 4 is 0 Å². The van der Waals surface area contributed by atoms with Crippen LogP contribution in [0, 0.1) is 81.8 Å². The zero-order valence-corrected chi connectivity index (χ0v) is 25.8. The fourth-order valence-electron chi connectivity index (χ4n) is 12.6. The molecule has 0 amide bonds. The molecule has 36 heavy (non-hydrogen) atoms. The zero-order chi connectivity index (χ0) is 25.8. The molecule has 0 aliphatic heterocycles. The third-order valence-corrected chi connectivity index (χ3v) is 13.0. The number of hydrogen-bond acceptors (Lipinski definition) is 0. The van der Waals surface area contributed by atoms with E-state index in [9.17, 15) is 0 Å². The second kappa shape index (κ2) is 10.5. The van der Waals surface area contributed by atoms with Gasteiger partial charge in [-0.1, -0.05) is 93.9 Å². The number of hydrogen-bond donors (Lipinski definition) is 0. The first-order chi connectivity index (χ1) is 17.0. The molecule has 6 fully saturated rings. The van der Waals surface area contributed by atoms with Gasteiger partial charge in [0.05, 0.1) is 0 Å². The van der Waals surface area contributed by atoms with Crippen LogP contribution in [-0.4, -0.2) is 0 Å². The first kappa shape index (κ1) is 27.6. The molecule has 0 N–H and O–H groups in total. The van der Waals surface area contributed by atoms with Gasteiger partial charge in [0.1, 0.15) is 0 Å². The summed E-state index contributed by atoms with van der Waals surface area (Å²) in [4.78, 5) is 0. The molecule has 6 saturated carbocycles. The van der Waals surface area contributed by atoms with Gasteiger partial charge >= 0.3 is 0 Å². The Labute approximate surface area is 226 Å². The van der Waals surface area contributed by atoms with Gasteiger partial charge in [-0.15, -0.1) is 0 Å². The highest BCUT2D eigenvalue weighted by molar-refractivity contribution is 5.08. The molecule has 6 rings (SSSR count). The van der Waals surface area contributed by atoms with Gasteiger partial charge in [-0.3, -0.25) is 0 Å². The molecule has 6 aliphatic carbocycles. The van der Waals surface area contributed by atoms with E-state index in [0.29, 0.717) is 10.8 Å². The summed E-state index contributed by atoms with van der Waals surface area (Å²) in [6.45, 7) is 19.7. The van der Waals surface area contributed by atoms with Crippen molar-refractivity contribution in [2.75, 3.05) is 0 Å². The van der Waals surface area contributed by atoms with Crippen molar-refractivity contribution in [3.8, 4) is 0 Å². The van der Waals surface area contributed by atoms with Gasteiger partial charge in [0.25, 0.3) is 0 Å². The van der Waals surface area contributed by atoms with E-state index in [-0.39, 0.29) is 0 Å². The maximum absolute atomic E-state index is 2.79. The molecule has 0 saturated heterocycles. The smallest absolute Gasteiger partial charge is 0.0287 e. The van der Waals surface area contributed by atoms with Gasteiger partial charge < -0.3 is 0 Å². The molecule has 0 bridgehead atoms. The van der Waals surface area contributed by atoms with E-state index < -0.39 is 0 Å².